The summed E-state index contributed by atoms with van der Waals surface area (Å²) in [5, 5.41) is 4.53. The van der Waals surface area contributed by atoms with Gasteiger partial charge in [-0.15, -0.1) is 0 Å². The van der Waals surface area contributed by atoms with Crippen molar-refractivity contribution in [2.45, 2.75) is 39.8 Å². The van der Waals surface area contributed by atoms with Gasteiger partial charge in [0.15, 0.2) is 0 Å². The highest BCUT2D eigenvalue weighted by atomic mass is 35.5. The van der Waals surface area contributed by atoms with Crippen LogP contribution in [0.4, 0.5) is 0 Å². The predicted molar refractivity (Wildman–Crippen MR) is 83.3 cm³/mol. The molecule has 0 bridgehead atoms. The van der Waals surface area contributed by atoms with Crippen LogP contribution in [0.5, 0.6) is 5.75 Å². The van der Waals surface area contributed by atoms with Crippen molar-refractivity contribution in [3.63, 3.8) is 0 Å². The Kier molecular flexibility index (Phi) is 4.68. The minimum absolute atomic E-state index is 0.0557. The van der Waals surface area contributed by atoms with E-state index in [1.807, 2.05) is 33.8 Å². The number of ketones is 1. The summed E-state index contributed by atoms with van der Waals surface area (Å²) in [6, 6.07) is 7.18. The molecule has 1 heterocycles. The first-order chi connectivity index (χ1) is 9.90. The molecule has 0 aliphatic heterocycles. The lowest BCUT2D eigenvalue weighted by molar-refractivity contribution is 0.102. The Bertz CT molecular complexity index is 647. The third-order valence-corrected chi connectivity index (χ3v) is 3.20. The fourth-order valence-corrected chi connectivity index (χ4v) is 2.28. The molecule has 21 heavy (non-hydrogen) atoms. The Morgan fingerprint density at radius 1 is 1.29 bits per heavy atom. The molecule has 0 amide bonds. The maximum Gasteiger partial charge on any atom is 0.212 e. The van der Waals surface area contributed by atoms with Gasteiger partial charge in [0.05, 0.1) is 17.3 Å². The average molecular weight is 307 g/mol. The van der Waals surface area contributed by atoms with Gasteiger partial charge in [0.1, 0.15) is 11.4 Å². The van der Waals surface area contributed by atoms with Crippen LogP contribution in [0.2, 0.25) is 5.02 Å². The van der Waals surface area contributed by atoms with E-state index in [9.17, 15) is 4.79 Å². The van der Waals surface area contributed by atoms with Crippen molar-refractivity contribution in [3.8, 4) is 5.75 Å². The number of rotatable bonds is 5. The van der Waals surface area contributed by atoms with Crippen molar-refractivity contribution < 1.29 is 9.53 Å². The van der Waals surface area contributed by atoms with Crippen molar-refractivity contribution in [1.29, 1.82) is 0 Å². The molecular formula is C16H19ClN2O2. The molecule has 0 fully saturated rings. The van der Waals surface area contributed by atoms with E-state index >= 15 is 0 Å². The lowest BCUT2D eigenvalue weighted by Crippen LogP contribution is -2.14. The minimum Gasteiger partial charge on any atom is -0.491 e. The van der Waals surface area contributed by atoms with E-state index in [0.29, 0.717) is 22.0 Å². The summed E-state index contributed by atoms with van der Waals surface area (Å²) in [4.78, 5) is 12.7. The molecule has 1 aromatic heterocycles. The van der Waals surface area contributed by atoms with E-state index in [4.69, 9.17) is 16.3 Å². The van der Waals surface area contributed by atoms with Crippen LogP contribution in [-0.2, 0) is 0 Å². The van der Waals surface area contributed by atoms with Crippen molar-refractivity contribution in [2.24, 2.45) is 0 Å². The first-order valence-corrected chi connectivity index (χ1v) is 7.32. The van der Waals surface area contributed by atoms with Crippen LogP contribution in [0.1, 0.15) is 49.8 Å². The number of aromatic nitrogens is 2. The third-order valence-electron chi connectivity index (χ3n) is 2.92. The molecule has 2 aromatic rings. The van der Waals surface area contributed by atoms with Gasteiger partial charge in [-0.3, -0.25) is 9.48 Å². The lowest BCUT2D eigenvalue weighted by atomic mass is 10.1. The first kappa shape index (κ1) is 15.6. The van der Waals surface area contributed by atoms with Gasteiger partial charge in [0.25, 0.3) is 0 Å². The highest BCUT2D eigenvalue weighted by Gasteiger charge is 2.21. The van der Waals surface area contributed by atoms with Crippen molar-refractivity contribution >= 4 is 17.4 Å². The van der Waals surface area contributed by atoms with E-state index in [1.165, 1.54) is 6.20 Å². The molecule has 1 aromatic carbocycles. The van der Waals surface area contributed by atoms with Crippen molar-refractivity contribution in [3.05, 3.63) is 46.7 Å². The van der Waals surface area contributed by atoms with Crippen LogP contribution in [0.15, 0.2) is 30.5 Å². The molecule has 5 heteroatoms. The second kappa shape index (κ2) is 6.31. The van der Waals surface area contributed by atoms with Crippen LogP contribution in [-0.4, -0.2) is 21.7 Å². The molecule has 0 unspecified atom stereocenters. The van der Waals surface area contributed by atoms with Gasteiger partial charge in [-0.05, 0) is 39.8 Å². The molecule has 0 aliphatic carbocycles. The maximum atomic E-state index is 12.7. The normalized spacial score (nSPS) is 11.2. The molecule has 4 nitrogen and oxygen atoms in total. The molecule has 0 atom stereocenters. The number of hydrogen-bond donors (Lipinski definition) is 0. The van der Waals surface area contributed by atoms with E-state index in [1.54, 1.807) is 22.9 Å². The summed E-state index contributed by atoms with van der Waals surface area (Å²) in [5.41, 5.74) is 0.950. The molecule has 0 saturated carbocycles. The fourth-order valence-electron chi connectivity index (χ4n) is 2.06. The summed E-state index contributed by atoms with van der Waals surface area (Å²) in [5.74, 6) is 0.517. The zero-order valence-corrected chi connectivity index (χ0v) is 13.4. The van der Waals surface area contributed by atoms with Gasteiger partial charge >= 0.3 is 0 Å². The third kappa shape index (κ3) is 3.45. The van der Waals surface area contributed by atoms with Crippen LogP contribution in [0.3, 0.4) is 0 Å². The largest absolute Gasteiger partial charge is 0.491 e. The topological polar surface area (TPSA) is 44.1 Å². The fraction of sp³-hybridized carbons (Fsp3) is 0.375. The summed E-state index contributed by atoms with van der Waals surface area (Å²) in [6.45, 7) is 7.80. The predicted octanol–water partition coefficient (Wildman–Crippen LogP) is 4.14. The van der Waals surface area contributed by atoms with Gasteiger partial charge in [-0.25, -0.2) is 0 Å². The Morgan fingerprint density at radius 2 is 2.00 bits per heavy atom. The molecule has 112 valence electrons. The van der Waals surface area contributed by atoms with E-state index in [-0.39, 0.29) is 17.9 Å². The number of carbonyl (C=O) groups is 1. The monoisotopic (exact) mass is 306 g/mol. The minimum atomic E-state index is -0.152. The Balaban J connectivity index is 2.39. The van der Waals surface area contributed by atoms with E-state index in [0.717, 1.165) is 0 Å². The van der Waals surface area contributed by atoms with Crippen LogP contribution >= 0.6 is 11.6 Å². The summed E-state index contributed by atoms with van der Waals surface area (Å²) >= 11 is 6.12. The summed E-state index contributed by atoms with van der Waals surface area (Å²) in [6.07, 6.45) is 1.56. The van der Waals surface area contributed by atoms with Crippen LogP contribution < -0.4 is 4.74 Å². The van der Waals surface area contributed by atoms with Gasteiger partial charge in [-0.2, -0.15) is 5.10 Å². The van der Waals surface area contributed by atoms with Gasteiger partial charge in [0, 0.05) is 11.6 Å². The number of ether oxygens (including phenoxy) is 1. The zero-order valence-electron chi connectivity index (χ0n) is 12.6. The molecular weight excluding hydrogens is 288 g/mol. The smallest absolute Gasteiger partial charge is 0.212 e. The standard InChI is InChI=1S/C16H19ClN2O2/c1-10(2)19-15(14(17)9-18-19)16(20)12-6-5-7-13(8-12)21-11(3)4/h5-11H,1-4H3. The van der Waals surface area contributed by atoms with Crippen molar-refractivity contribution in [1.82, 2.24) is 9.78 Å². The van der Waals surface area contributed by atoms with Crippen LogP contribution in [0, 0.1) is 0 Å². The number of hydrogen-bond acceptors (Lipinski definition) is 3. The van der Waals surface area contributed by atoms with Crippen LogP contribution in [0.25, 0.3) is 0 Å². The number of carbonyl (C=O) groups excluding carboxylic acids is 1. The SMILES string of the molecule is CC(C)Oc1cccc(C(=O)c2c(Cl)cnn2C(C)C)c1. The lowest BCUT2D eigenvalue weighted by Gasteiger charge is -2.12. The molecule has 0 saturated heterocycles. The summed E-state index contributed by atoms with van der Waals surface area (Å²) in [7, 11) is 0. The average Bonchev–Trinajstić information content (AvgIpc) is 2.79. The first-order valence-electron chi connectivity index (χ1n) is 6.94. The molecule has 2 rings (SSSR count). The Hall–Kier alpha value is -1.81. The number of nitrogens with zero attached hydrogens (tertiary/aromatic N) is 2. The van der Waals surface area contributed by atoms with Crippen molar-refractivity contribution in [2.75, 3.05) is 0 Å². The quantitative estimate of drug-likeness (QED) is 0.780. The maximum absolute atomic E-state index is 12.7. The molecule has 0 radical (unpaired) electrons. The number of benzene rings is 1. The highest BCUT2D eigenvalue weighted by Crippen LogP contribution is 2.24. The number of halogens is 1. The van der Waals surface area contributed by atoms with Gasteiger partial charge in [0.2, 0.25) is 5.78 Å². The molecule has 0 N–H and O–H groups in total. The second-order valence-corrected chi connectivity index (χ2v) is 5.81. The van der Waals surface area contributed by atoms with Gasteiger partial charge < -0.3 is 4.74 Å². The molecule has 0 spiro atoms. The summed E-state index contributed by atoms with van der Waals surface area (Å²) < 4.78 is 7.26. The van der Waals surface area contributed by atoms with Gasteiger partial charge in [-0.1, -0.05) is 23.7 Å². The Morgan fingerprint density at radius 3 is 2.62 bits per heavy atom. The molecule has 0 aliphatic rings. The zero-order chi connectivity index (χ0) is 15.6. The Labute approximate surface area is 129 Å². The second-order valence-electron chi connectivity index (χ2n) is 5.40. The van der Waals surface area contributed by atoms with E-state index < -0.39 is 0 Å². The van der Waals surface area contributed by atoms with E-state index in [2.05, 4.69) is 5.10 Å². The highest BCUT2D eigenvalue weighted by molar-refractivity contribution is 6.34.